The predicted molar refractivity (Wildman–Crippen MR) is 120 cm³/mol. The minimum absolute atomic E-state index is 0.0158. The third-order valence-corrected chi connectivity index (χ3v) is 5.63. The summed E-state index contributed by atoms with van der Waals surface area (Å²) in [4.78, 5) is 4.77. The summed E-state index contributed by atoms with van der Waals surface area (Å²) in [7, 11) is 0. The monoisotopic (exact) mass is 416 g/mol. The molecule has 0 amide bonds. The highest BCUT2D eigenvalue weighted by Crippen LogP contribution is 2.31. The zero-order valence-electron chi connectivity index (χ0n) is 17.8. The zero-order valence-corrected chi connectivity index (χ0v) is 18.5. The van der Waals surface area contributed by atoms with Gasteiger partial charge in [0.25, 0.3) is 0 Å². The van der Waals surface area contributed by atoms with Crippen molar-refractivity contribution in [3.63, 3.8) is 0 Å². The molecule has 0 saturated carbocycles. The van der Waals surface area contributed by atoms with Gasteiger partial charge in [0.2, 0.25) is 0 Å². The number of nitrogens with zero attached hydrogens (tertiary/aromatic N) is 2. The van der Waals surface area contributed by atoms with E-state index in [1.54, 1.807) is 0 Å². The minimum atomic E-state index is -0.495. The van der Waals surface area contributed by atoms with Gasteiger partial charge >= 0.3 is 0 Å². The third kappa shape index (κ3) is 6.71. The van der Waals surface area contributed by atoms with Gasteiger partial charge in [-0.25, -0.2) is 0 Å². The van der Waals surface area contributed by atoms with Gasteiger partial charge in [0.1, 0.15) is 18.5 Å². The number of ether oxygens (including phenoxy) is 1. The van der Waals surface area contributed by atoms with Crippen molar-refractivity contribution in [1.82, 2.24) is 9.80 Å². The topological polar surface area (TPSA) is 35.9 Å². The van der Waals surface area contributed by atoms with Gasteiger partial charge in [0.05, 0.1) is 0 Å². The Morgan fingerprint density at radius 2 is 1.59 bits per heavy atom. The number of piperazine rings is 1. The van der Waals surface area contributed by atoms with Crippen molar-refractivity contribution < 1.29 is 9.84 Å². The SMILES string of the molecule is CC(C)(C)c1ccccc1OCC(O)CN1CCN(Cc2ccc(Cl)cc2)CC1. The van der Waals surface area contributed by atoms with E-state index in [0.29, 0.717) is 13.2 Å². The maximum atomic E-state index is 10.5. The highest BCUT2D eigenvalue weighted by molar-refractivity contribution is 6.30. The van der Waals surface area contributed by atoms with E-state index in [1.165, 1.54) is 11.1 Å². The smallest absolute Gasteiger partial charge is 0.123 e. The van der Waals surface area contributed by atoms with E-state index in [4.69, 9.17) is 16.3 Å². The van der Waals surface area contributed by atoms with Crippen LogP contribution >= 0.6 is 11.6 Å². The largest absolute Gasteiger partial charge is 0.491 e. The van der Waals surface area contributed by atoms with Crippen molar-refractivity contribution in [3.05, 3.63) is 64.7 Å². The molecule has 1 aliphatic heterocycles. The van der Waals surface area contributed by atoms with Gasteiger partial charge in [-0.1, -0.05) is 62.7 Å². The molecular weight excluding hydrogens is 384 g/mol. The van der Waals surface area contributed by atoms with Gasteiger partial charge < -0.3 is 9.84 Å². The van der Waals surface area contributed by atoms with Crippen LogP contribution in [0.2, 0.25) is 5.02 Å². The molecule has 5 heteroatoms. The summed E-state index contributed by atoms with van der Waals surface area (Å²) >= 11 is 5.96. The summed E-state index contributed by atoms with van der Waals surface area (Å²) in [6, 6.07) is 16.2. The Morgan fingerprint density at radius 1 is 0.966 bits per heavy atom. The van der Waals surface area contributed by atoms with Gasteiger partial charge in [0, 0.05) is 44.3 Å². The first-order chi connectivity index (χ1) is 13.8. The van der Waals surface area contributed by atoms with Gasteiger partial charge in [-0.05, 0) is 34.7 Å². The number of hydrogen-bond acceptors (Lipinski definition) is 4. The van der Waals surface area contributed by atoms with Crippen LogP contribution in [0.15, 0.2) is 48.5 Å². The Labute approximate surface area is 180 Å². The molecule has 0 spiro atoms. The predicted octanol–water partition coefficient (Wildman–Crippen LogP) is 4.20. The number of benzene rings is 2. The molecule has 1 N–H and O–H groups in total. The fourth-order valence-corrected chi connectivity index (χ4v) is 3.85. The van der Waals surface area contributed by atoms with E-state index < -0.39 is 6.10 Å². The van der Waals surface area contributed by atoms with Crippen LogP contribution in [0.5, 0.6) is 5.75 Å². The van der Waals surface area contributed by atoms with Crippen LogP contribution in [-0.2, 0) is 12.0 Å². The third-order valence-electron chi connectivity index (χ3n) is 5.38. The molecule has 1 aliphatic rings. The average Bonchev–Trinajstić information content (AvgIpc) is 2.69. The van der Waals surface area contributed by atoms with Gasteiger partial charge in [-0.2, -0.15) is 0 Å². The summed E-state index contributed by atoms with van der Waals surface area (Å²) in [6.45, 7) is 12.4. The van der Waals surface area contributed by atoms with E-state index in [2.05, 4.69) is 48.8 Å². The fourth-order valence-electron chi connectivity index (χ4n) is 3.73. The normalized spacial score (nSPS) is 17.3. The summed E-state index contributed by atoms with van der Waals surface area (Å²) in [5.41, 5.74) is 2.47. The molecule has 2 aromatic rings. The molecule has 0 aliphatic carbocycles. The highest BCUT2D eigenvalue weighted by Gasteiger charge is 2.21. The maximum Gasteiger partial charge on any atom is 0.123 e. The van der Waals surface area contributed by atoms with Gasteiger partial charge in [-0.3, -0.25) is 9.80 Å². The molecule has 1 heterocycles. The Kier molecular flexibility index (Phi) is 7.58. The maximum absolute atomic E-state index is 10.5. The molecule has 3 rings (SSSR count). The molecule has 158 valence electrons. The number of β-amino-alcohol motifs (C(OH)–C–C–N with tert-alkyl or cyclic N) is 1. The summed E-state index contributed by atoms with van der Waals surface area (Å²) < 4.78 is 5.98. The van der Waals surface area contributed by atoms with E-state index in [-0.39, 0.29) is 5.41 Å². The van der Waals surface area contributed by atoms with Crippen LogP contribution in [0, 0.1) is 0 Å². The lowest BCUT2D eigenvalue weighted by molar-refractivity contribution is 0.0442. The first-order valence-electron chi connectivity index (χ1n) is 10.4. The number of halogens is 1. The summed E-state index contributed by atoms with van der Waals surface area (Å²) in [5, 5.41) is 11.3. The first kappa shape index (κ1) is 22.1. The van der Waals surface area contributed by atoms with Crippen molar-refractivity contribution in [2.45, 2.75) is 38.8 Å². The van der Waals surface area contributed by atoms with Crippen LogP contribution in [0.3, 0.4) is 0 Å². The van der Waals surface area contributed by atoms with Crippen molar-refractivity contribution in [2.75, 3.05) is 39.3 Å². The summed E-state index contributed by atoms with van der Waals surface area (Å²) in [6.07, 6.45) is -0.495. The van der Waals surface area contributed by atoms with Crippen LogP contribution in [-0.4, -0.2) is 60.3 Å². The molecule has 4 nitrogen and oxygen atoms in total. The van der Waals surface area contributed by atoms with Crippen LogP contribution in [0.25, 0.3) is 0 Å². The number of para-hydroxylation sites is 1. The Bertz CT molecular complexity index is 765. The molecular formula is C24H33ClN2O2. The van der Waals surface area contributed by atoms with Crippen LogP contribution in [0.1, 0.15) is 31.9 Å². The second-order valence-electron chi connectivity index (χ2n) is 8.91. The zero-order chi connectivity index (χ0) is 20.9. The molecule has 1 unspecified atom stereocenters. The Hall–Kier alpha value is -1.59. The van der Waals surface area contributed by atoms with Crippen LogP contribution < -0.4 is 4.74 Å². The Balaban J connectivity index is 1.42. The molecule has 0 radical (unpaired) electrons. The number of aliphatic hydroxyl groups is 1. The van der Waals surface area contributed by atoms with Gasteiger partial charge in [0.15, 0.2) is 0 Å². The molecule has 1 atom stereocenters. The molecule has 1 saturated heterocycles. The van der Waals surface area contributed by atoms with E-state index in [0.717, 1.165) is 43.5 Å². The van der Waals surface area contributed by atoms with E-state index >= 15 is 0 Å². The van der Waals surface area contributed by atoms with E-state index in [9.17, 15) is 5.11 Å². The molecule has 0 bridgehead atoms. The molecule has 29 heavy (non-hydrogen) atoms. The van der Waals surface area contributed by atoms with Crippen molar-refractivity contribution in [1.29, 1.82) is 0 Å². The lowest BCUT2D eigenvalue weighted by Gasteiger charge is -2.35. The standard InChI is InChI=1S/C24H33ClN2O2/c1-24(2,3)22-6-4-5-7-23(22)29-18-21(28)17-27-14-12-26(13-15-27)16-19-8-10-20(25)11-9-19/h4-11,21,28H,12-18H2,1-3H3. The first-order valence-corrected chi connectivity index (χ1v) is 10.8. The second kappa shape index (κ2) is 9.94. The minimum Gasteiger partial charge on any atom is -0.491 e. The molecule has 2 aromatic carbocycles. The van der Waals surface area contributed by atoms with Crippen molar-refractivity contribution in [3.8, 4) is 5.75 Å². The Morgan fingerprint density at radius 3 is 2.24 bits per heavy atom. The molecule has 1 fully saturated rings. The second-order valence-corrected chi connectivity index (χ2v) is 9.35. The lowest BCUT2D eigenvalue weighted by Crippen LogP contribution is -2.48. The average molecular weight is 417 g/mol. The fraction of sp³-hybridized carbons (Fsp3) is 0.500. The van der Waals surface area contributed by atoms with E-state index in [1.807, 2.05) is 30.3 Å². The van der Waals surface area contributed by atoms with Crippen molar-refractivity contribution in [2.24, 2.45) is 0 Å². The lowest BCUT2D eigenvalue weighted by atomic mass is 9.86. The molecule has 0 aromatic heterocycles. The van der Waals surface area contributed by atoms with Crippen LogP contribution in [0.4, 0.5) is 0 Å². The number of aliphatic hydroxyl groups excluding tert-OH is 1. The number of hydrogen-bond donors (Lipinski definition) is 1. The quantitative estimate of drug-likeness (QED) is 0.733. The highest BCUT2D eigenvalue weighted by atomic mass is 35.5. The number of rotatable bonds is 7. The van der Waals surface area contributed by atoms with Crippen molar-refractivity contribution >= 4 is 11.6 Å². The van der Waals surface area contributed by atoms with Gasteiger partial charge in [-0.15, -0.1) is 0 Å². The summed E-state index contributed by atoms with van der Waals surface area (Å²) in [5.74, 6) is 0.867.